The molecular formula is C14H22N4O. The van der Waals surface area contributed by atoms with E-state index in [0.29, 0.717) is 5.92 Å². The number of ether oxygens (including phenoxy) is 1. The van der Waals surface area contributed by atoms with Crippen LogP contribution in [0.4, 0.5) is 5.95 Å². The van der Waals surface area contributed by atoms with Crippen LogP contribution in [0.2, 0.25) is 0 Å². The Kier molecular flexibility index (Phi) is 3.94. The molecule has 2 saturated heterocycles. The first-order valence-corrected chi connectivity index (χ1v) is 7.22. The molecule has 3 rings (SSSR count). The summed E-state index contributed by atoms with van der Waals surface area (Å²) >= 11 is 0. The number of anilines is 1. The van der Waals surface area contributed by atoms with Crippen LogP contribution in [0.5, 0.6) is 0 Å². The highest BCUT2D eigenvalue weighted by Crippen LogP contribution is 2.27. The summed E-state index contributed by atoms with van der Waals surface area (Å²) in [7, 11) is 0. The Morgan fingerprint density at radius 2 is 1.95 bits per heavy atom. The molecule has 2 aliphatic heterocycles. The highest BCUT2D eigenvalue weighted by atomic mass is 16.5. The van der Waals surface area contributed by atoms with Gasteiger partial charge in [0.05, 0.1) is 0 Å². The molecule has 0 unspecified atom stereocenters. The van der Waals surface area contributed by atoms with Gasteiger partial charge in [-0.2, -0.15) is 0 Å². The minimum Gasteiger partial charge on any atom is -0.381 e. The Morgan fingerprint density at radius 3 is 2.68 bits per heavy atom. The molecule has 1 N–H and O–H groups in total. The van der Waals surface area contributed by atoms with Crippen molar-refractivity contribution in [1.82, 2.24) is 15.3 Å². The van der Waals surface area contributed by atoms with Crippen LogP contribution in [-0.4, -0.2) is 49.4 Å². The first-order valence-electron chi connectivity index (χ1n) is 7.22. The predicted molar refractivity (Wildman–Crippen MR) is 74.6 cm³/mol. The van der Waals surface area contributed by atoms with Crippen LogP contribution in [0, 0.1) is 6.92 Å². The number of aromatic nitrogens is 2. The van der Waals surface area contributed by atoms with Crippen molar-refractivity contribution < 1.29 is 4.74 Å². The molecule has 0 aliphatic carbocycles. The number of hydrogen-bond acceptors (Lipinski definition) is 5. The summed E-state index contributed by atoms with van der Waals surface area (Å²) in [6.45, 7) is 7.81. The van der Waals surface area contributed by atoms with Crippen molar-refractivity contribution in [1.29, 1.82) is 0 Å². The van der Waals surface area contributed by atoms with E-state index in [1.807, 2.05) is 0 Å². The SMILES string of the molecule is Cc1cc(C2CCOCC2)nc(N2CCNCC2)n1. The minimum absolute atomic E-state index is 0.539. The molecule has 0 saturated carbocycles. The summed E-state index contributed by atoms with van der Waals surface area (Å²) in [4.78, 5) is 11.7. The number of piperazine rings is 1. The highest BCUT2D eigenvalue weighted by molar-refractivity contribution is 5.34. The largest absolute Gasteiger partial charge is 0.381 e. The molecule has 0 aromatic carbocycles. The average Bonchev–Trinajstić information content (AvgIpc) is 2.48. The number of nitrogens with one attached hydrogen (secondary N) is 1. The summed E-state index contributed by atoms with van der Waals surface area (Å²) in [5.41, 5.74) is 2.27. The van der Waals surface area contributed by atoms with Crippen LogP contribution in [0.25, 0.3) is 0 Å². The molecule has 5 heteroatoms. The van der Waals surface area contributed by atoms with E-state index in [1.54, 1.807) is 0 Å². The maximum atomic E-state index is 5.44. The van der Waals surface area contributed by atoms with Gasteiger partial charge in [-0.3, -0.25) is 0 Å². The lowest BCUT2D eigenvalue weighted by Crippen LogP contribution is -2.44. The van der Waals surface area contributed by atoms with Gasteiger partial charge in [-0.05, 0) is 25.8 Å². The molecule has 1 aromatic heterocycles. The third-order valence-electron chi connectivity index (χ3n) is 3.90. The quantitative estimate of drug-likeness (QED) is 0.864. The second kappa shape index (κ2) is 5.84. The van der Waals surface area contributed by atoms with Crippen molar-refractivity contribution >= 4 is 5.95 Å². The summed E-state index contributed by atoms with van der Waals surface area (Å²) in [6, 6.07) is 2.14. The zero-order chi connectivity index (χ0) is 13.1. The Morgan fingerprint density at radius 1 is 1.21 bits per heavy atom. The molecule has 19 heavy (non-hydrogen) atoms. The van der Waals surface area contributed by atoms with Gasteiger partial charge in [0.25, 0.3) is 0 Å². The van der Waals surface area contributed by atoms with Gasteiger partial charge >= 0.3 is 0 Å². The van der Waals surface area contributed by atoms with E-state index < -0.39 is 0 Å². The molecule has 0 amide bonds. The second-order valence-electron chi connectivity index (χ2n) is 5.36. The molecule has 1 aromatic rings. The van der Waals surface area contributed by atoms with Crippen LogP contribution in [-0.2, 0) is 4.74 Å². The molecule has 0 radical (unpaired) electrons. The standard InChI is InChI=1S/C14H22N4O/c1-11-10-13(12-2-8-19-9-3-12)17-14(16-11)18-6-4-15-5-7-18/h10,12,15H,2-9H2,1H3. The van der Waals surface area contributed by atoms with Crippen molar-refractivity contribution in [2.24, 2.45) is 0 Å². The summed E-state index contributed by atoms with van der Waals surface area (Å²) in [5, 5.41) is 3.36. The van der Waals surface area contributed by atoms with Gasteiger partial charge in [0.1, 0.15) is 0 Å². The molecule has 2 fully saturated rings. The fourth-order valence-corrected chi connectivity index (χ4v) is 2.79. The topological polar surface area (TPSA) is 50.3 Å². The first kappa shape index (κ1) is 12.8. The van der Waals surface area contributed by atoms with Gasteiger partial charge < -0.3 is 15.0 Å². The van der Waals surface area contributed by atoms with Crippen molar-refractivity contribution in [3.63, 3.8) is 0 Å². The van der Waals surface area contributed by atoms with E-state index in [2.05, 4.69) is 28.2 Å². The van der Waals surface area contributed by atoms with Gasteiger partial charge in [-0.1, -0.05) is 0 Å². The lowest BCUT2D eigenvalue weighted by atomic mass is 9.96. The summed E-state index contributed by atoms with van der Waals surface area (Å²) in [6.07, 6.45) is 2.16. The van der Waals surface area contributed by atoms with E-state index in [9.17, 15) is 0 Å². The van der Waals surface area contributed by atoms with Gasteiger partial charge in [0, 0.05) is 56.7 Å². The predicted octanol–water partition coefficient (Wildman–Crippen LogP) is 1.09. The van der Waals surface area contributed by atoms with Crippen molar-refractivity contribution in [3.05, 3.63) is 17.5 Å². The minimum atomic E-state index is 0.539. The van der Waals surface area contributed by atoms with Crippen LogP contribution >= 0.6 is 0 Å². The van der Waals surface area contributed by atoms with Gasteiger partial charge in [0.15, 0.2) is 0 Å². The molecule has 5 nitrogen and oxygen atoms in total. The lowest BCUT2D eigenvalue weighted by Gasteiger charge is -2.29. The summed E-state index contributed by atoms with van der Waals surface area (Å²) < 4.78 is 5.44. The smallest absolute Gasteiger partial charge is 0.225 e. The van der Waals surface area contributed by atoms with Crippen LogP contribution in [0.3, 0.4) is 0 Å². The van der Waals surface area contributed by atoms with E-state index in [1.165, 1.54) is 5.69 Å². The van der Waals surface area contributed by atoms with E-state index >= 15 is 0 Å². The Hall–Kier alpha value is -1.20. The zero-order valence-electron chi connectivity index (χ0n) is 11.6. The molecule has 0 spiro atoms. The molecule has 104 valence electrons. The maximum Gasteiger partial charge on any atom is 0.225 e. The first-order chi connectivity index (χ1) is 9.33. The second-order valence-corrected chi connectivity index (χ2v) is 5.36. The van der Waals surface area contributed by atoms with Gasteiger partial charge in [-0.25, -0.2) is 9.97 Å². The van der Waals surface area contributed by atoms with Crippen molar-refractivity contribution in [3.8, 4) is 0 Å². The fourth-order valence-electron chi connectivity index (χ4n) is 2.79. The number of nitrogens with zero attached hydrogens (tertiary/aromatic N) is 3. The Labute approximate surface area is 114 Å². The van der Waals surface area contributed by atoms with Crippen molar-refractivity contribution in [2.75, 3.05) is 44.3 Å². The number of rotatable bonds is 2. The number of hydrogen-bond donors (Lipinski definition) is 1. The van der Waals surface area contributed by atoms with Crippen molar-refractivity contribution in [2.45, 2.75) is 25.7 Å². The maximum absolute atomic E-state index is 5.44. The van der Waals surface area contributed by atoms with E-state index in [4.69, 9.17) is 9.72 Å². The molecule has 2 aliphatic rings. The third kappa shape index (κ3) is 3.04. The normalized spacial score (nSPS) is 21.6. The molecule has 0 bridgehead atoms. The lowest BCUT2D eigenvalue weighted by molar-refractivity contribution is 0.0845. The average molecular weight is 262 g/mol. The molecule has 0 atom stereocenters. The Balaban J connectivity index is 1.82. The third-order valence-corrected chi connectivity index (χ3v) is 3.90. The van der Waals surface area contributed by atoms with E-state index in [-0.39, 0.29) is 0 Å². The highest BCUT2D eigenvalue weighted by Gasteiger charge is 2.20. The van der Waals surface area contributed by atoms with Gasteiger partial charge in [-0.15, -0.1) is 0 Å². The molecular weight excluding hydrogens is 240 g/mol. The van der Waals surface area contributed by atoms with Crippen LogP contribution in [0.15, 0.2) is 6.07 Å². The number of aryl methyl sites for hydroxylation is 1. The zero-order valence-corrected chi connectivity index (χ0v) is 11.6. The van der Waals surface area contributed by atoms with Crippen LogP contribution in [0.1, 0.15) is 30.1 Å². The monoisotopic (exact) mass is 262 g/mol. The van der Waals surface area contributed by atoms with Gasteiger partial charge in [0.2, 0.25) is 5.95 Å². The van der Waals surface area contributed by atoms with Crippen LogP contribution < -0.4 is 10.2 Å². The Bertz CT molecular complexity index is 389. The fraction of sp³-hybridized carbons (Fsp3) is 0.714. The molecule has 3 heterocycles. The van der Waals surface area contributed by atoms with E-state index in [0.717, 1.165) is 63.9 Å². The summed E-state index contributed by atoms with van der Waals surface area (Å²) in [5.74, 6) is 1.44.